The summed E-state index contributed by atoms with van der Waals surface area (Å²) in [5, 5.41) is 15.1. The predicted octanol–water partition coefficient (Wildman–Crippen LogP) is 3.94. The minimum absolute atomic E-state index is 0. The third-order valence-corrected chi connectivity index (χ3v) is 6.90. The summed E-state index contributed by atoms with van der Waals surface area (Å²) in [4.78, 5) is 33.0. The molecule has 1 aliphatic heterocycles. The second-order valence-electron chi connectivity index (χ2n) is 9.95. The van der Waals surface area contributed by atoms with Crippen molar-refractivity contribution in [2.24, 2.45) is 5.73 Å². The number of rotatable bonds is 6. The molecule has 0 unspecified atom stereocenters. The Morgan fingerprint density at radius 2 is 1.97 bits per heavy atom. The number of benzene rings is 2. The van der Waals surface area contributed by atoms with Gasteiger partial charge in [-0.05, 0) is 68.8 Å². The Morgan fingerprint density at radius 3 is 2.68 bits per heavy atom. The highest BCUT2D eigenvalue weighted by Crippen LogP contribution is 2.45. The van der Waals surface area contributed by atoms with Crippen molar-refractivity contribution in [3.05, 3.63) is 82.9 Å². The Bertz CT molecular complexity index is 1560. The van der Waals surface area contributed by atoms with E-state index in [1.807, 2.05) is 25.1 Å². The van der Waals surface area contributed by atoms with Crippen LogP contribution in [0.4, 0.5) is 4.39 Å². The van der Waals surface area contributed by atoms with Gasteiger partial charge in [0.2, 0.25) is 5.91 Å². The number of primary amides is 1. The van der Waals surface area contributed by atoms with E-state index in [0.29, 0.717) is 28.3 Å². The molecule has 0 radical (unpaired) electrons. The first kappa shape index (κ1) is 24.5. The number of aliphatic hydroxyl groups is 1. The fraction of sp³-hybridized carbons (Fsp3) is 0.250. The number of aryl methyl sites for hydroxylation is 1. The summed E-state index contributed by atoms with van der Waals surface area (Å²) in [6, 6.07) is 14.8. The molecule has 0 spiro atoms. The summed E-state index contributed by atoms with van der Waals surface area (Å²) in [6.45, 7) is 4.99. The normalized spacial score (nSPS) is 18.2. The van der Waals surface area contributed by atoms with Gasteiger partial charge in [-0.25, -0.2) is 9.37 Å². The number of aromatic nitrogens is 2. The molecule has 2 atom stereocenters. The van der Waals surface area contributed by atoms with Crippen LogP contribution in [0.3, 0.4) is 0 Å². The third-order valence-electron chi connectivity index (χ3n) is 6.90. The van der Waals surface area contributed by atoms with Crippen molar-refractivity contribution in [2.45, 2.75) is 31.8 Å². The third kappa shape index (κ3) is 4.31. The topological polar surface area (TPSA) is 130 Å². The lowest BCUT2D eigenvalue weighted by molar-refractivity contribution is -0.123. The smallest absolute Gasteiger partial charge is 0.267 e. The van der Waals surface area contributed by atoms with E-state index in [-0.39, 0.29) is 27.6 Å². The number of nitrogens with two attached hydrogens (primary N) is 1. The largest absolute Gasteiger partial charge is 0.489 e. The van der Waals surface area contributed by atoms with E-state index in [9.17, 15) is 19.1 Å². The molecule has 2 aromatic heterocycles. The molecule has 0 saturated carbocycles. The van der Waals surface area contributed by atoms with Gasteiger partial charge in [-0.15, -0.1) is 0 Å². The van der Waals surface area contributed by atoms with Crippen molar-refractivity contribution in [3.8, 4) is 17.0 Å². The summed E-state index contributed by atoms with van der Waals surface area (Å²) in [5.74, 6) is -1.04. The summed E-state index contributed by atoms with van der Waals surface area (Å²) in [7, 11) is 0. The second-order valence-corrected chi connectivity index (χ2v) is 9.95. The van der Waals surface area contributed by atoms with Gasteiger partial charge in [0.25, 0.3) is 5.91 Å². The molecular formula is C28H31FN4O4. The minimum Gasteiger partial charge on any atom is -0.489 e. The number of halogens is 1. The second kappa shape index (κ2) is 8.70. The highest BCUT2D eigenvalue weighted by atomic mass is 19.1. The molecule has 8 nitrogen and oxygen atoms in total. The van der Waals surface area contributed by atoms with Gasteiger partial charge in [0, 0.05) is 24.9 Å². The average molecular weight is 507 g/mol. The van der Waals surface area contributed by atoms with Gasteiger partial charge in [-0.3, -0.25) is 9.59 Å². The fourth-order valence-electron chi connectivity index (χ4n) is 4.47. The van der Waals surface area contributed by atoms with Crippen LogP contribution in [0.5, 0.6) is 5.75 Å². The Hall–Kier alpha value is -4.24. The number of carbonyl (C=O) groups excluding carboxylic acids is 2. The molecule has 194 valence electrons. The molecule has 0 fully saturated rings. The molecule has 5 N–H and O–H groups in total. The van der Waals surface area contributed by atoms with E-state index in [1.165, 1.54) is 19.1 Å². The van der Waals surface area contributed by atoms with E-state index in [0.717, 1.165) is 16.5 Å². The van der Waals surface area contributed by atoms with Crippen LogP contribution in [0.1, 0.15) is 44.0 Å². The average Bonchev–Trinajstić information content (AvgIpc) is 3.44. The summed E-state index contributed by atoms with van der Waals surface area (Å²) in [6.07, 6.45) is 0. The van der Waals surface area contributed by atoms with Gasteiger partial charge in [0.1, 0.15) is 40.6 Å². The van der Waals surface area contributed by atoms with Crippen LogP contribution >= 0.6 is 0 Å². The van der Waals surface area contributed by atoms with Crippen LogP contribution in [0, 0.1) is 12.7 Å². The summed E-state index contributed by atoms with van der Waals surface area (Å²) >= 11 is 0. The van der Waals surface area contributed by atoms with Gasteiger partial charge in [-0.2, -0.15) is 0 Å². The number of ether oxygens (including phenoxy) is 1. The maximum absolute atomic E-state index is 13.6. The summed E-state index contributed by atoms with van der Waals surface area (Å²) in [5.41, 5.74) is 6.77. The zero-order valence-electron chi connectivity index (χ0n) is 20.7. The molecule has 2 amide bonds. The molecular weight excluding hydrogens is 475 g/mol. The number of pyridine rings is 1. The van der Waals surface area contributed by atoms with Crippen LogP contribution in [0.2, 0.25) is 0 Å². The van der Waals surface area contributed by atoms with Crippen LogP contribution in [-0.4, -0.2) is 40.0 Å². The van der Waals surface area contributed by atoms with Crippen molar-refractivity contribution in [1.82, 2.24) is 15.3 Å². The lowest BCUT2D eigenvalue weighted by atomic mass is 9.82. The standard InChI is InChI=1S/C28H27FN4O4.2H2/c1-15-4-5-17-11-21(32-20(17)10-15)25(34)31-13-28(3,36)22-12-19-24(37-14-27(19,2)26(30)35)23(33-22)16-6-8-18(29)9-7-16;;/h4-12,32,36H,13-14H2,1-3H3,(H2,30,35)(H,31,34);2*1H/t27-,28-;;/m0../s1. The minimum atomic E-state index is -1.62. The Balaban J connectivity index is 0.00000210. The van der Waals surface area contributed by atoms with Crippen molar-refractivity contribution in [2.75, 3.05) is 13.2 Å². The number of H-pyrrole nitrogens is 1. The maximum atomic E-state index is 13.6. The number of nitrogens with one attached hydrogen (secondary N) is 2. The zero-order chi connectivity index (χ0) is 26.5. The predicted molar refractivity (Wildman–Crippen MR) is 141 cm³/mol. The highest BCUT2D eigenvalue weighted by molar-refractivity contribution is 5.98. The molecule has 0 bridgehead atoms. The van der Waals surface area contributed by atoms with Crippen molar-refractivity contribution >= 4 is 22.7 Å². The van der Waals surface area contributed by atoms with Crippen LogP contribution in [0.25, 0.3) is 22.2 Å². The lowest BCUT2D eigenvalue weighted by Gasteiger charge is -2.26. The molecule has 1 aliphatic rings. The molecule has 0 saturated heterocycles. The quantitative estimate of drug-likeness (QED) is 0.315. The van der Waals surface area contributed by atoms with E-state index in [2.05, 4.69) is 15.3 Å². The molecule has 4 aromatic rings. The zero-order valence-corrected chi connectivity index (χ0v) is 20.7. The van der Waals surface area contributed by atoms with Crippen LogP contribution in [0.15, 0.2) is 54.6 Å². The molecule has 3 heterocycles. The van der Waals surface area contributed by atoms with Crippen molar-refractivity contribution in [3.63, 3.8) is 0 Å². The van der Waals surface area contributed by atoms with E-state index in [1.54, 1.807) is 31.2 Å². The number of hydrogen-bond donors (Lipinski definition) is 4. The fourth-order valence-corrected chi connectivity index (χ4v) is 4.47. The number of hydrogen-bond acceptors (Lipinski definition) is 5. The number of nitrogens with zero attached hydrogens (tertiary/aromatic N) is 1. The van der Waals surface area contributed by atoms with Gasteiger partial charge in [0.15, 0.2) is 0 Å². The van der Waals surface area contributed by atoms with Crippen LogP contribution < -0.4 is 15.8 Å². The van der Waals surface area contributed by atoms with E-state index >= 15 is 0 Å². The van der Waals surface area contributed by atoms with Gasteiger partial charge in [-0.1, -0.05) is 12.1 Å². The first-order valence-electron chi connectivity index (χ1n) is 11.8. The number of amides is 2. The van der Waals surface area contributed by atoms with E-state index < -0.39 is 22.7 Å². The van der Waals surface area contributed by atoms with E-state index in [4.69, 9.17) is 10.5 Å². The molecule has 37 heavy (non-hydrogen) atoms. The maximum Gasteiger partial charge on any atom is 0.267 e. The lowest BCUT2D eigenvalue weighted by Crippen LogP contribution is -2.41. The van der Waals surface area contributed by atoms with Gasteiger partial charge >= 0.3 is 0 Å². The Morgan fingerprint density at radius 1 is 1.24 bits per heavy atom. The molecule has 9 heteroatoms. The molecule has 5 rings (SSSR count). The van der Waals surface area contributed by atoms with Gasteiger partial charge in [0.05, 0.1) is 12.2 Å². The highest BCUT2D eigenvalue weighted by Gasteiger charge is 2.45. The Kier molecular flexibility index (Phi) is 5.75. The summed E-state index contributed by atoms with van der Waals surface area (Å²) < 4.78 is 19.4. The SMILES string of the molecule is Cc1ccc2cc(C(=O)NC[C@](C)(O)c3cc4c(c(-c5ccc(F)cc5)n3)OC[C@]4(C)C(N)=O)[nH]c2c1.[HH].[HH]. The Labute approximate surface area is 215 Å². The first-order chi connectivity index (χ1) is 17.5. The van der Waals surface area contributed by atoms with Gasteiger partial charge < -0.3 is 25.9 Å². The number of carbonyl (C=O) groups is 2. The first-order valence-corrected chi connectivity index (χ1v) is 11.8. The molecule has 0 aliphatic carbocycles. The number of aromatic amines is 1. The van der Waals surface area contributed by atoms with Crippen molar-refractivity contribution < 1.29 is 26.7 Å². The molecule has 2 aromatic carbocycles. The number of fused-ring (bicyclic) bond motifs is 2. The monoisotopic (exact) mass is 506 g/mol. The van der Waals surface area contributed by atoms with Crippen LogP contribution in [-0.2, 0) is 15.8 Å². The van der Waals surface area contributed by atoms with Crippen molar-refractivity contribution in [1.29, 1.82) is 0 Å².